The SMILES string of the molecule is COC1CCC(n2c([C@@H]3CCC(O)N3)nc3cc(-c4c(C)noc4C)ccc32)CC1. The molecule has 160 valence electrons. The fourth-order valence-electron chi connectivity index (χ4n) is 5.26. The molecule has 3 aromatic rings. The maximum absolute atomic E-state index is 10.1. The van der Waals surface area contributed by atoms with Crippen LogP contribution < -0.4 is 5.32 Å². The van der Waals surface area contributed by atoms with Gasteiger partial charge in [0.05, 0.1) is 28.9 Å². The highest BCUT2D eigenvalue weighted by molar-refractivity contribution is 5.84. The normalized spacial score (nSPS) is 27.2. The Labute approximate surface area is 176 Å². The summed E-state index contributed by atoms with van der Waals surface area (Å²) in [6.45, 7) is 3.92. The van der Waals surface area contributed by atoms with Crippen molar-refractivity contribution in [2.45, 2.75) is 76.8 Å². The fraction of sp³-hybridized carbons (Fsp3) is 0.565. The van der Waals surface area contributed by atoms with E-state index >= 15 is 0 Å². The van der Waals surface area contributed by atoms with E-state index in [0.29, 0.717) is 12.1 Å². The number of methoxy groups -OCH3 is 1. The topological polar surface area (TPSA) is 85.3 Å². The van der Waals surface area contributed by atoms with Crippen LogP contribution in [0.3, 0.4) is 0 Å². The number of hydrogen-bond acceptors (Lipinski definition) is 6. The van der Waals surface area contributed by atoms with Gasteiger partial charge in [0.15, 0.2) is 0 Å². The van der Waals surface area contributed by atoms with Crippen molar-refractivity contribution in [3.05, 3.63) is 35.5 Å². The second kappa shape index (κ2) is 7.80. The van der Waals surface area contributed by atoms with Crippen molar-refractivity contribution >= 4 is 11.0 Å². The predicted octanol–water partition coefficient (Wildman–Crippen LogP) is 4.18. The second-order valence-corrected chi connectivity index (χ2v) is 8.72. The number of benzene rings is 1. The van der Waals surface area contributed by atoms with E-state index in [4.69, 9.17) is 14.2 Å². The summed E-state index contributed by atoms with van der Waals surface area (Å²) in [5.74, 6) is 1.86. The highest BCUT2D eigenvalue weighted by Crippen LogP contribution is 2.38. The van der Waals surface area contributed by atoms with Crippen molar-refractivity contribution in [1.29, 1.82) is 0 Å². The molecule has 0 amide bonds. The lowest BCUT2D eigenvalue weighted by molar-refractivity contribution is 0.0583. The maximum atomic E-state index is 10.1. The van der Waals surface area contributed by atoms with Crippen LogP contribution in [0.25, 0.3) is 22.2 Å². The molecule has 2 aromatic heterocycles. The van der Waals surface area contributed by atoms with E-state index in [1.54, 1.807) is 0 Å². The van der Waals surface area contributed by atoms with Gasteiger partial charge >= 0.3 is 0 Å². The van der Waals surface area contributed by atoms with E-state index in [2.05, 4.69) is 33.2 Å². The van der Waals surface area contributed by atoms with Crippen molar-refractivity contribution in [3.8, 4) is 11.1 Å². The number of aromatic nitrogens is 3. The molecule has 2 atom stereocenters. The summed E-state index contributed by atoms with van der Waals surface area (Å²) in [7, 11) is 1.81. The predicted molar refractivity (Wildman–Crippen MR) is 114 cm³/mol. The minimum atomic E-state index is -0.453. The number of aliphatic hydroxyl groups is 1. The first-order chi connectivity index (χ1) is 14.5. The standard InChI is InChI=1S/C23H30N4O3/c1-13-22(14(2)30-26-13)15-4-10-20-19(12-15)25-23(18-9-11-21(28)24-18)27(20)16-5-7-17(29-3)8-6-16/h4,10,12,16-18,21,24,28H,5-9,11H2,1-3H3/t16?,17?,18-,21?/m0/s1. The molecule has 0 spiro atoms. The summed E-state index contributed by atoms with van der Waals surface area (Å²) in [6, 6.07) is 6.96. The molecule has 0 radical (unpaired) electrons. The monoisotopic (exact) mass is 410 g/mol. The van der Waals surface area contributed by atoms with E-state index in [1.807, 2.05) is 21.0 Å². The molecule has 7 heteroatoms. The zero-order valence-corrected chi connectivity index (χ0v) is 17.9. The smallest absolute Gasteiger partial charge is 0.141 e. The van der Waals surface area contributed by atoms with Crippen molar-refractivity contribution in [2.75, 3.05) is 7.11 Å². The summed E-state index contributed by atoms with van der Waals surface area (Å²) in [5.41, 5.74) is 5.16. The van der Waals surface area contributed by atoms with Crippen molar-refractivity contribution in [1.82, 2.24) is 20.0 Å². The number of ether oxygens (including phenoxy) is 1. The minimum Gasteiger partial charge on any atom is -0.381 e. The first-order valence-corrected chi connectivity index (χ1v) is 11.0. The Hall–Kier alpha value is -2.22. The molecule has 2 N–H and O–H groups in total. The lowest BCUT2D eigenvalue weighted by Crippen LogP contribution is -2.28. The van der Waals surface area contributed by atoms with E-state index < -0.39 is 6.23 Å². The Bertz CT molecular complexity index is 1030. The van der Waals surface area contributed by atoms with Crippen LogP contribution in [0.15, 0.2) is 22.7 Å². The van der Waals surface area contributed by atoms with Gasteiger partial charge in [-0.2, -0.15) is 0 Å². The van der Waals surface area contributed by atoms with Crippen molar-refractivity contribution < 1.29 is 14.4 Å². The quantitative estimate of drug-likeness (QED) is 0.671. The maximum Gasteiger partial charge on any atom is 0.141 e. The van der Waals surface area contributed by atoms with Gasteiger partial charge in [-0.3, -0.25) is 5.32 Å². The Morgan fingerprint density at radius 1 is 1.13 bits per heavy atom. The van der Waals surface area contributed by atoms with E-state index in [-0.39, 0.29) is 6.04 Å². The third kappa shape index (κ3) is 3.35. The van der Waals surface area contributed by atoms with Crippen LogP contribution in [0.5, 0.6) is 0 Å². The van der Waals surface area contributed by atoms with E-state index in [0.717, 1.165) is 78.0 Å². The molecule has 3 heterocycles. The summed E-state index contributed by atoms with van der Waals surface area (Å²) in [5, 5.41) is 17.5. The largest absolute Gasteiger partial charge is 0.381 e. The van der Waals surface area contributed by atoms with Gasteiger partial charge in [-0.15, -0.1) is 0 Å². The molecule has 2 aliphatic rings. The Balaban J connectivity index is 1.59. The molecule has 2 fully saturated rings. The number of aryl methyl sites for hydroxylation is 2. The highest BCUT2D eigenvalue weighted by Gasteiger charge is 2.32. The number of nitrogens with zero attached hydrogens (tertiary/aromatic N) is 3. The average Bonchev–Trinajstić information content (AvgIpc) is 3.44. The van der Waals surface area contributed by atoms with Gasteiger partial charge in [0.25, 0.3) is 0 Å². The number of aliphatic hydroxyl groups excluding tert-OH is 1. The fourth-order valence-corrected chi connectivity index (χ4v) is 5.26. The second-order valence-electron chi connectivity index (χ2n) is 8.72. The first-order valence-electron chi connectivity index (χ1n) is 11.0. The Kier molecular flexibility index (Phi) is 5.13. The number of nitrogens with one attached hydrogen (secondary N) is 1. The molecule has 1 aromatic carbocycles. The number of imidazole rings is 1. The molecular weight excluding hydrogens is 380 g/mol. The van der Waals surface area contributed by atoms with Crippen LogP contribution in [0.4, 0.5) is 0 Å². The summed E-state index contributed by atoms with van der Waals surface area (Å²) in [6.07, 6.45) is 5.86. The summed E-state index contributed by atoms with van der Waals surface area (Å²) >= 11 is 0. The molecule has 30 heavy (non-hydrogen) atoms. The molecule has 5 rings (SSSR count). The van der Waals surface area contributed by atoms with Crippen LogP contribution >= 0.6 is 0 Å². The van der Waals surface area contributed by atoms with Crippen LogP contribution in [0.2, 0.25) is 0 Å². The van der Waals surface area contributed by atoms with Gasteiger partial charge in [-0.25, -0.2) is 4.98 Å². The van der Waals surface area contributed by atoms with Gasteiger partial charge in [0.2, 0.25) is 0 Å². The van der Waals surface area contributed by atoms with Crippen LogP contribution in [-0.4, -0.2) is 39.3 Å². The van der Waals surface area contributed by atoms with Gasteiger partial charge < -0.3 is 18.9 Å². The highest BCUT2D eigenvalue weighted by atomic mass is 16.5. The Morgan fingerprint density at radius 3 is 2.57 bits per heavy atom. The van der Waals surface area contributed by atoms with E-state index in [1.165, 1.54) is 0 Å². The molecule has 1 aliphatic heterocycles. The van der Waals surface area contributed by atoms with Gasteiger partial charge in [0, 0.05) is 18.7 Å². The molecule has 1 saturated carbocycles. The van der Waals surface area contributed by atoms with Crippen LogP contribution in [0.1, 0.15) is 67.9 Å². The van der Waals surface area contributed by atoms with E-state index in [9.17, 15) is 5.11 Å². The zero-order valence-electron chi connectivity index (χ0n) is 17.9. The molecule has 1 saturated heterocycles. The number of fused-ring (bicyclic) bond motifs is 1. The molecule has 0 bridgehead atoms. The van der Waals surface area contributed by atoms with Crippen LogP contribution in [0, 0.1) is 13.8 Å². The zero-order chi connectivity index (χ0) is 20.8. The third-order valence-electron chi connectivity index (χ3n) is 6.82. The molecular formula is C23H30N4O3. The van der Waals surface area contributed by atoms with Crippen LogP contribution in [-0.2, 0) is 4.74 Å². The first kappa shape index (κ1) is 19.7. The van der Waals surface area contributed by atoms with Gasteiger partial charge in [-0.05, 0) is 70.1 Å². The van der Waals surface area contributed by atoms with Crippen molar-refractivity contribution in [2.24, 2.45) is 0 Å². The van der Waals surface area contributed by atoms with Crippen molar-refractivity contribution in [3.63, 3.8) is 0 Å². The molecule has 1 unspecified atom stereocenters. The summed E-state index contributed by atoms with van der Waals surface area (Å²) < 4.78 is 13.4. The third-order valence-corrected chi connectivity index (χ3v) is 6.82. The lowest BCUT2D eigenvalue weighted by atomic mass is 9.92. The lowest BCUT2D eigenvalue weighted by Gasteiger charge is -2.31. The minimum absolute atomic E-state index is 0.0788. The number of hydrogen-bond donors (Lipinski definition) is 2. The Morgan fingerprint density at radius 2 is 1.93 bits per heavy atom. The average molecular weight is 411 g/mol. The number of rotatable bonds is 4. The molecule has 1 aliphatic carbocycles. The molecule has 7 nitrogen and oxygen atoms in total. The van der Waals surface area contributed by atoms with Gasteiger partial charge in [-0.1, -0.05) is 11.2 Å². The summed E-state index contributed by atoms with van der Waals surface area (Å²) in [4.78, 5) is 5.08. The van der Waals surface area contributed by atoms with Gasteiger partial charge in [0.1, 0.15) is 17.8 Å².